The van der Waals surface area contributed by atoms with E-state index in [9.17, 15) is 4.79 Å². The minimum Gasteiger partial charge on any atom is -0.381 e. The van der Waals surface area contributed by atoms with Crippen molar-refractivity contribution >= 4 is 5.91 Å². The molecule has 0 radical (unpaired) electrons. The summed E-state index contributed by atoms with van der Waals surface area (Å²) < 4.78 is 11.0. The van der Waals surface area contributed by atoms with Crippen LogP contribution in [0.15, 0.2) is 0 Å². The predicted molar refractivity (Wildman–Crippen MR) is 61.0 cm³/mol. The molecule has 0 aromatic carbocycles. The number of carbonyl (C=O) groups is 1. The monoisotopic (exact) mass is 230 g/mol. The maximum atomic E-state index is 11.0. The van der Waals surface area contributed by atoms with Crippen molar-refractivity contribution in [3.05, 3.63) is 0 Å². The second-order valence-electron chi connectivity index (χ2n) is 4.22. The van der Waals surface area contributed by atoms with Gasteiger partial charge in [-0.05, 0) is 32.7 Å². The molecular weight excluding hydrogens is 208 g/mol. The maximum absolute atomic E-state index is 11.0. The molecule has 94 valence electrons. The fourth-order valence-corrected chi connectivity index (χ4v) is 2.01. The van der Waals surface area contributed by atoms with Crippen LogP contribution >= 0.6 is 0 Å². The number of likely N-dealkylation sites (N-methyl/N-ethyl adjacent to an activating group) is 1. The zero-order valence-corrected chi connectivity index (χ0v) is 10.1. The molecule has 0 saturated heterocycles. The standard InChI is InChI=1S/C11H22N2O3/c1-13-10(11(12)14)7-16-9-5-3-4-8(6-9)15-2/h8-10,13H,3-7H2,1-2H3,(H2,12,14). The molecule has 3 N–H and O–H groups in total. The number of methoxy groups -OCH3 is 1. The molecule has 3 unspecified atom stereocenters. The van der Waals surface area contributed by atoms with Crippen LogP contribution < -0.4 is 11.1 Å². The van der Waals surface area contributed by atoms with E-state index in [2.05, 4.69) is 5.32 Å². The number of rotatable bonds is 6. The molecule has 1 saturated carbocycles. The molecule has 0 aromatic heterocycles. The lowest BCUT2D eigenvalue weighted by atomic mass is 9.95. The van der Waals surface area contributed by atoms with Gasteiger partial charge in [-0.15, -0.1) is 0 Å². The van der Waals surface area contributed by atoms with Gasteiger partial charge in [0.15, 0.2) is 0 Å². The summed E-state index contributed by atoms with van der Waals surface area (Å²) >= 11 is 0. The lowest BCUT2D eigenvalue weighted by molar-refractivity contribution is -0.122. The maximum Gasteiger partial charge on any atom is 0.236 e. The first-order chi connectivity index (χ1) is 7.67. The van der Waals surface area contributed by atoms with Crippen molar-refractivity contribution in [3.8, 4) is 0 Å². The minimum absolute atomic E-state index is 0.189. The fraction of sp³-hybridized carbons (Fsp3) is 0.909. The van der Waals surface area contributed by atoms with Crippen molar-refractivity contribution in [2.75, 3.05) is 20.8 Å². The van der Waals surface area contributed by atoms with Gasteiger partial charge in [-0.2, -0.15) is 0 Å². The van der Waals surface area contributed by atoms with E-state index >= 15 is 0 Å². The highest BCUT2D eigenvalue weighted by Crippen LogP contribution is 2.23. The average Bonchev–Trinajstić information content (AvgIpc) is 2.29. The van der Waals surface area contributed by atoms with E-state index in [-0.39, 0.29) is 12.0 Å². The smallest absolute Gasteiger partial charge is 0.236 e. The normalized spacial score (nSPS) is 27.6. The van der Waals surface area contributed by atoms with Crippen molar-refractivity contribution in [2.45, 2.75) is 43.9 Å². The number of primary amides is 1. The summed E-state index contributed by atoms with van der Waals surface area (Å²) in [6, 6.07) is -0.400. The molecule has 0 spiro atoms. The quantitative estimate of drug-likeness (QED) is 0.675. The molecule has 0 aromatic rings. The van der Waals surface area contributed by atoms with Gasteiger partial charge in [-0.3, -0.25) is 4.79 Å². The molecule has 0 aliphatic heterocycles. The van der Waals surface area contributed by atoms with E-state index in [1.807, 2.05) is 0 Å². The zero-order chi connectivity index (χ0) is 12.0. The molecule has 5 nitrogen and oxygen atoms in total. The fourth-order valence-electron chi connectivity index (χ4n) is 2.01. The topological polar surface area (TPSA) is 73.6 Å². The number of nitrogens with two attached hydrogens (primary N) is 1. The van der Waals surface area contributed by atoms with Crippen LogP contribution in [-0.4, -0.2) is 44.9 Å². The SMILES string of the molecule is CNC(COC1CCCC(OC)C1)C(N)=O. The van der Waals surface area contributed by atoms with Gasteiger partial charge in [0.1, 0.15) is 6.04 Å². The lowest BCUT2D eigenvalue weighted by Gasteiger charge is -2.29. The Balaban J connectivity index is 2.28. The molecule has 1 fully saturated rings. The molecular formula is C11H22N2O3. The first-order valence-corrected chi connectivity index (χ1v) is 5.78. The molecule has 0 heterocycles. The van der Waals surface area contributed by atoms with Crippen LogP contribution in [0.3, 0.4) is 0 Å². The number of amides is 1. The largest absolute Gasteiger partial charge is 0.381 e. The molecule has 3 atom stereocenters. The number of ether oxygens (including phenoxy) is 2. The van der Waals surface area contributed by atoms with Crippen LogP contribution in [0, 0.1) is 0 Å². The summed E-state index contributed by atoms with van der Waals surface area (Å²) in [6.07, 6.45) is 4.64. The first-order valence-electron chi connectivity index (χ1n) is 5.78. The number of nitrogens with one attached hydrogen (secondary N) is 1. The number of hydrogen-bond donors (Lipinski definition) is 2. The third-order valence-corrected chi connectivity index (χ3v) is 3.10. The van der Waals surface area contributed by atoms with Gasteiger partial charge in [0.25, 0.3) is 0 Å². The van der Waals surface area contributed by atoms with Crippen molar-refractivity contribution in [1.29, 1.82) is 0 Å². The summed E-state index contributed by atoms with van der Waals surface area (Å²) in [5.41, 5.74) is 5.21. The van der Waals surface area contributed by atoms with E-state index in [1.165, 1.54) is 0 Å². The van der Waals surface area contributed by atoms with Crippen LogP contribution in [0.25, 0.3) is 0 Å². The lowest BCUT2D eigenvalue weighted by Crippen LogP contribution is -2.44. The number of carbonyl (C=O) groups excluding carboxylic acids is 1. The Morgan fingerprint density at radius 1 is 1.50 bits per heavy atom. The number of hydrogen-bond acceptors (Lipinski definition) is 4. The molecule has 0 bridgehead atoms. The van der Waals surface area contributed by atoms with Crippen LogP contribution in [-0.2, 0) is 14.3 Å². The molecule has 1 rings (SSSR count). The summed E-state index contributed by atoms with van der Waals surface area (Å²) in [4.78, 5) is 11.0. The molecule has 1 aliphatic carbocycles. The Labute approximate surface area is 96.7 Å². The highest BCUT2D eigenvalue weighted by atomic mass is 16.5. The Bertz CT molecular complexity index is 223. The highest BCUT2D eigenvalue weighted by Gasteiger charge is 2.23. The summed E-state index contributed by atoms with van der Waals surface area (Å²) in [5, 5.41) is 2.84. The molecule has 1 amide bonds. The van der Waals surface area contributed by atoms with Crippen molar-refractivity contribution in [1.82, 2.24) is 5.32 Å². The van der Waals surface area contributed by atoms with E-state index < -0.39 is 6.04 Å². The van der Waals surface area contributed by atoms with Crippen molar-refractivity contribution < 1.29 is 14.3 Å². The van der Waals surface area contributed by atoms with Gasteiger partial charge >= 0.3 is 0 Å². The second-order valence-corrected chi connectivity index (χ2v) is 4.22. The average molecular weight is 230 g/mol. The van der Waals surface area contributed by atoms with Gasteiger partial charge in [0.05, 0.1) is 18.8 Å². The highest BCUT2D eigenvalue weighted by molar-refractivity contribution is 5.79. The van der Waals surface area contributed by atoms with E-state index in [1.54, 1.807) is 14.2 Å². The zero-order valence-electron chi connectivity index (χ0n) is 10.1. The van der Waals surface area contributed by atoms with Gasteiger partial charge in [-0.25, -0.2) is 0 Å². The van der Waals surface area contributed by atoms with E-state index in [4.69, 9.17) is 15.2 Å². The predicted octanol–water partition coefficient (Wildman–Crippen LogP) is 0.0339. The minimum atomic E-state index is -0.400. The van der Waals surface area contributed by atoms with Crippen molar-refractivity contribution in [3.63, 3.8) is 0 Å². The Hall–Kier alpha value is -0.650. The van der Waals surface area contributed by atoms with Crippen molar-refractivity contribution in [2.24, 2.45) is 5.73 Å². The Morgan fingerprint density at radius 2 is 2.19 bits per heavy atom. The second kappa shape index (κ2) is 6.83. The third kappa shape index (κ3) is 4.08. The van der Waals surface area contributed by atoms with Gasteiger partial charge in [0.2, 0.25) is 5.91 Å². The first kappa shape index (κ1) is 13.4. The third-order valence-electron chi connectivity index (χ3n) is 3.10. The van der Waals surface area contributed by atoms with Gasteiger partial charge < -0.3 is 20.5 Å². The van der Waals surface area contributed by atoms with Crippen LogP contribution in [0.2, 0.25) is 0 Å². The summed E-state index contributed by atoms with van der Waals surface area (Å²) in [7, 11) is 3.43. The van der Waals surface area contributed by atoms with Crippen LogP contribution in [0.1, 0.15) is 25.7 Å². The van der Waals surface area contributed by atoms with Crippen LogP contribution in [0.4, 0.5) is 0 Å². The van der Waals surface area contributed by atoms with Gasteiger partial charge in [-0.1, -0.05) is 0 Å². The Kier molecular flexibility index (Phi) is 5.73. The van der Waals surface area contributed by atoms with E-state index in [0.717, 1.165) is 25.7 Å². The summed E-state index contributed by atoms with van der Waals surface area (Å²) in [6.45, 7) is 0.340. The van der Waals surface area contributed by atoms with E-state index in [0.29, 0.717) is 12.7 Å². The van der Waals surface area contributed by atoms with Crippen LogP contribution in [0.5, 0.6) is 0 Å². The Morgan fingerprint density at radius 3 is 2.75 bits per heavy atom. The van der Waals surface area contributed by atoms with Gasteiger partial charge in [0, 0.05) is 7.11 Å². The summed E-state index contributed by atoms with van der Waals surface area (Å²) in [5.74, 6) is -0.374. The molecule has 16 heavy (non-hydrogen) atoms. The molecule has 1 aliphatic rings. The molecule has 5 heteroatoms.